The van der Waals surface area contributed by atoms with Crippen LogP contribution in [0.2, 0.25) is 0 Å². The fraction of sp³-hybridized carbons (Fsp3) is 0.304. The molecule has 4 rings (SSSR count). The molecule has 1 fully saturated rings. The van der Waals surface area contributed by atoms with E-state index in [9.17, 15) is 17.2 Å². The minimum atomic E-state index is -4.16. The van der Waals surface area contributed by atoms with Crippen molar-refractivity contribution in [2.24, 2.45) is 0 Å². The van der Waals surface area contributed by atoms with Gasteiger partial charge < -0.3 is 9.47 Å². The molecule has 1 aromatic heterocycles. The Hall–Kier alpha value is -2.53. The van der Waals surface area contributed by atoms with Crippen molar-refractivity contribution in [1.82, 2.24) is 4.90 Å². The first-order chi connectivity index (χ1) is 15.9. The van der Waals surface area contributed by atoms with Crippen molar-refractivity contribution in [3.8, 4) is 5.75 Å². The van der Waals surface area contributed by atoms with Crippen LogP contribution in [0, 0.1) is 11.6 Å². The lowest BCUT2D eigenvalue weighted by molar-refractivity contribution is 0.0342. The van der Waals surface area contributed by atoms with Crippen molar-refractivity contribution in [3.05, 3.63) is 76.0 Å². The molecule has 0 aliphatic carbocycles. The van der Waals surface area contributed by atoms with E-state index in [1.165, 1.54) is 22.8 Å². The first kappa shape index (κ1) is 23.6. The third-order valence-electron chi connectivity index (χ3n) is 5.36. The van der Waals surface area contributed by atoms with E-state index in [0.29, 0.717) is 30.7 Å². The number of sulfonamides is 1. The average molecular weight is 495 g/mol. The molecule has 1 aliphatic rings. The SMILES string of the molecule is COc1ccc(N(Cc2cc(CN3CCOCC3)cs2)S(=O)(=O)c2ccc(F)c(F)c2)cc1. The second-order valence-corrected chi connectivity index (χ2v) is 10.5. The number of morpholine rings is 1. The van der Waals surface area contributed by atoms with Gasteiger partial charge in [-0.15, -0.1) is 11.3 Å². The summed E-state index contributed by atoms with van der Waals surface area (Å²) in [5, 5.41) is 2.02. The topological polar surface area (TPSA) is 59.1 Å². The van der Waals surface area contributed by atoms with Gasteiger partial charge in [-0.1, -0.05) is 0 Å². The molecule has 0 atom stereocenters. The van der Waals surface area contributed by atoms with Gasteiger partial charge in [-0.25, -0.2) is 17.2 Å². The Morgan fingerprint density at radius 3 is 2.45 bits per heavy atom. The van der Waals surface area contributed by atoms with Crippen LogP contribution < -0.4 is 9.04 Å². The third kappa shape index (κ3) is 5.52. The standard InChI is InChI=1S/C23H24F2N2O4S2/c1-30-19-4-2-18(3-5-19)27(33(28,29)21-6-7-22(24)23(25)13-21)15-20-12-17(16-32-20)14-26-8-10-31-11-9-26/h2-7,12-13,16H,8-11,14-15H2,1H3. The number of methoxy groups -OCH3 is 1. The molecule has 176 valence electrons. The summed E-state index contributed by atoms with van der Waals surface area (Å²) < 4.78 is 66.0. The third-order valence-corrected chi connectivity index (χ3v) is 8.10. The van der Waals surface area contributed by atoms with Gasteiger partial charge in [0.25, 0.3) is 10.0 Å². The van der Waals surface area contributed by atoms with Gasteiger partial charge in [0.2, 0.25) is 0 Å². The maximum atomic E-state index is 13.8. The molecule has 6 nitrogen and oxygen atoms in total. The lowest BCUT2D eigenvalue weighted by Crippen LogP contribution is -2.35. The highest BCUT2D eigenvalue weighted by Crippen LogP contribution is 2.30. The van der Waals surface area contributed by atoms with Crippen molar-refractivity contribution >= 4 is 27.0 Å². The first-order valence-corrected chi connectivity index (χ1v) is 12.7. The van der Waals surface area contributed by atoms with Crippen LogP contribution in [0.3, 0.4) is 0 Å². The van der Waals surface area contributed by atoms with Crippen molar-refractivity contribution in [3.63, 3.8) is 0 Å². The van der Waals surface area contributed by atoms with Crippen molar-refractivity contribution in [1.29, 1.82) is 0 Å². The molecular weight excluding hydrogens is 470 g/mol. The maximum absolute atomic E-state index is 13.8. The van der Waals surface area contributed by atoms with E-state index in [-0.39, 0.29) is 11.4 Å². The van der Waals surface area contributed by atoms with Gasteiger partial charge in [-0.3, -0.25) is 9.21 Å². The molecule has 0 spiro atoms. The Bertz CT molecular complexity index is 1190. The highest BCUT2D eigenvalue weighted by Gasteiger charge is 2.27. The maximum Gasteiger partial charge on any atom is 0.264 e. The Kier molecular flexibility index (Phi) is 7.28. The predicted octanol–water partition coefficient (Wildman–Crippen LogP) is 4.26. The van der Waals surface area contributed by atoms with Gasteiger partial charge in [-0.05, 0) is 59.5 Å². The van der Waals surface area contributed by atoms with E-state index < -0.39 is 21.7 Å². The summed E-state index contributed by atoms with van der Waals surface area (Å²) in [6, 6.07) is 11.1. The zero-order valence-electron chi connectivity index (χ0n) is 18.0. The first-order valence-electron chi connectivity index (χ1n) is 10.3. The number of benzene rings is 2. The van der Waals surface area contributed by atoms with Crippen LogP contribution in [0.4, 0.5) is 14.5 Å². The number of hydrogen-bond donors (Lipinski definition) is 0. The minimum absolute atomic E-state index is 0.0570. The fourth-order valence-electron chi connectivity index (χ4n) is 3.58. The van der Waals surface area contributed by atoms with Crippen LogP contribution in [0.5, 0.6) is 5.75 Å². The van der Waals surface area contributed by atoms with Crippen LogP contribution in [-0.4, -0.2) is 46.7 Å². The van der Waals surface area contributed by atoms with Crippen LogP contribution in [0.1, 0.15) is 10.4 Å². The van der Waals surface area contributed by atoms with E-state index in [0.717, 1.165) is 42.2 Å². The zero-order chi connectivity index (χ0) is 23.4. The summed E-state index contributed by atoms with van der Waals surface area (Å²) in [5.74, 6) is -1.74. The smallest absolute Gasteiger partial charge is 0.264 e. The van der Waals surface area contributed by atoms with E-state index in [4.69, 9.17) is 9.47 Å². The average Bonchev–Trinajstić information content (AvgIpc) is 3.27. The Labute approximate surface area is 196 Å². The molecule has 0 N–H and O–H groups in total. The molecule has 0 unspecified atom stereocenters. The molecule has 1 saturated heterocycles. The summed E-state index contributed by atoms with van der Waals surface area (Å²) >= 11 is 1.46. The zero-order valence-corrected chi connectivity index (χ0v) is 19.7. The molecule has 2 aromatic carbocycles. The number of ether oxygens (including phenoxy) is 2. The van der Waals surface area contributed by atoms with Gasteiger partial charge >= 0.3 is 0 Å². The monoisotopic (exact) mass is 494 g/mol. The molecule has 1 aliphatic heterocycles. The van der Waals surface area contributed by atoms with Gasteiger partial charge in [0, 0.05) is 24.5 Å². The Morgan fingerprint density at radius 1 is 1.06 bits per heavy atom. The number of nitrogens with zero attached hydrogens (tertiary/aromatic N) is 2. The van der Waals surface area contributed by atoms with Gasteiger partial charge in [-0.2, -0.15) is 0 Å². The summed E-state index contributed by atoms with van der Waals surface area (Å²) in [5.41, 5.74) is 1.49. The molecular formula is C23H24F2N2O4S2. The minimum Gasteiger partial charge on any atom is -0.497 e. The van der Waals surface area contributed by atoms with E-state index in [1.54, 1.807) is 24.3 Å². The number of thiophene rings is 1. The molecule has 3 aromatic rings. The second-order valence-electron chi connectivity index (χ2n) is 7.60. The molecule has 0 radical (unpaired) electrons. The van der Waals surface area contributed by atoms with Gasteiger partial charge in [0.15, 0.2) is 11.6 Å². The fourth-order valence-corrected chi connectivity index (χ4v) is 5.98. The molecule has 33 heavy (non-hydrogen) atoms. The van der Waals surface area contributed by atoms with Gasteiger partial charge in [0.1, 0.15) is 5.75 Å². The summed E-state index contributed by atoms with van der Waals surface area (Å²) in [4.78, 5) is 2.80. The lowest BCUT2D eigenvalue weighted by atomic mass is 10.2. The number of rotatable bonds is 8. The highest BCUT2D eigenvalue weighted by atomic mass is 32.2. The van der Waals surface area contributed by atoms with Gasteiger partial charge in [0.05, 0.1) is 37.5 Å². The Balaban J connectivity index is 1.63. The Morgan fingerprint density at radius 2 is 1.79 bits per heavy atom. The lowest BCUT2D eigenvalue weighted by Gasteiger charge is -2.26. The molecule has 10 heteroatoms. The van der Waals surface area contributed by atoms with Crippen LogP contribution >= 0.6 is 11.3 Å². The normalized spacial score (nSPS) is 14.9. The molecule has 0 bridgehead atoms. The summed E-state index contributed by atoms with van der Waals surface area (Å²) in [6.07, 6.45) is 0. The van der Waals surface area contributed by atoms with Crippen molar-refractivity contribution in [2.45, 2.75) is 18.0 Å². The number of halogens is 2. The quantitative estimate of drug-likeness (QED) is 0.468. The number of anilines is 1. The molecule has 0 amide bonds. The predicted molar refractivity (Wildman–Crippen MR) is 123 cm³/mol. The van der Waals surface area contributed by atoms with Crippen LogP contribution in [0.15, 0.2) is 58.8 Å². The van der Waals surface area contributed by atoms with E-state index in [2.05, 4.69) is 4.90 Å². The van der Waals surface area contributed by atoms with E-state index in [1.807, 2.05) is 11.4 Å². The second kappa shape index (κ2) is 10.2. The largest absolute Gasteiger partial charge is 0.497 e. The molecule has 0 saturated carbocycles. The van der Waals surface area contributed by atoms with E-state index >= 15 is 0 Å². The van der Waals surface area contributed by atoms with Crippen molar-refractivity contribution in [2.75, 3.05) is 37.7 Å². The van der Waals surface area contributed by atoms with Crippen LogP contribution in [-0.2, 0) is 27.8 Å². The number of hydrogen-bond acceptors (Lipinski definition) is 6. The summed E-state index contributed by atoms with van der Waals surface area (Å²) in [6.45, 7) is 3.94. The van der Waals surface area contributed by atoms with Crippen LogP contribution in [0.25, 0.3) is 0 Å². The van der Waals surface area contributed by atoms with Crippen molar-refractivity contribution < 1.29 is 26.7 Å². The highest BCUT2D eigenvalue weighted by molar-refractivity contribution is 7.92. The summed E-state index contributed by atoms with van der Waals surface area (Å²) in [7, 11) is -2.64. The molecule has 2 heterocycles.